The van der Waals surface area contributed by atoms with Gasteiger partial charge in [-0.05, 0) is 47.0 Å². The highest BCUT2D eigenvalue weighted by Gasteiger charge is 2.44. The van der Waals surface area contributed by atoms with Crippen LogP contribution in [-0.2, 0) is 16.1 Å². The lowest BCUT2D eigenvalue weighted by Gasteiger charge is -2.42. The zero-order valence-electron chi connectivity index (χ0n) is 21.4. The maximum Gasteiger partial charge on any atom is 0.255 e. The van der Waals surface area contributed by atoms with Crippen molar-refractivity contribution >= 4 is 11.8 Å². The fourth-order valence-corrected chi connectivity index (χ4v) is 5.28. The molecule has 0 saturated carbocycles. The maximum atomic E-state index is 13.9. The monoisotopic (exact) mass is 517 g/mol. The number of rotatable bonds is 8. The van der Waals surface area contributed by atoms with E-state index in [2.05, 4.69) is 10.2 Å². The van der Waals surface area contributed by atoms with Gasteiger partial charge in [0, 0.05) is 38.3 Å². The van der Waals surface area contributed by atoms with E-state index in [1.54, 1.807) is 30.2 Å². The molecule has 7 nitrogen and oxygen atoms in total. The largest absolute Gasteiger partial charge is 0.497 e. The minimum atomic E-state index is -0.623. The third-order valence-electron chi connectivity index (χ3n) is 7.28. The molecule has 2 atom stereocenters. The van der Waals surface area contributed by atoms with Crippen LogP contribution in [0.1, 0.15) is 39.0 Å². The zero-order chi connectivity index (χ0) is 26.5. The Hall–Kier alpha value is -3.75. The Morgan fingerprint density at radius 2 is 1.74 bits per heavy atom. The fraction of sp³-hybridized carbons (Fsp3) is 0.333. The lowest BCUT2D eigenvalue weighted by atomic mass is 9.79. The van der Waals surface area contributed by atoms with Crippen LogP contribution in [0.25, 0.3) is 0 Å². The Kier molecular flexibility index (Phi) is 8.00. The van der Waals surface area contributed by atoms with Crippen LogP contribution in [0.15, 0.2) is 72.8 Å². The van der Waals surface area contributed by atoms with Gasteiger partial charge in [0.15, 0.2) is 0 Å². The van der Waals surface area contributed by atoms with Crippen LogP contribution in [0.3, 0.4) is 0 Å². The molecule has 0 unspecified atom stereocenters. The average molecular weight is 518 g/mol. The molecule has 0 aromatic heterocycles. The van der Waals surface area contributed by atoms with Gasteiger partial charge in [-0.2, -0.15) is 0 Å². The minimum Gasteiger partial charge on any atom is -0.497 e. The van der Waals surface area contributed by atoms with Crippen molar-refractivity contribution in [3.05, 3.63) is 101 Å². The molecule has 5 rings (SSSR count). The zero-order valence-corrected chi connectivity index (χ0v) is 21.4. The molecule has 3 aromatic carbocycles. The molecule has 2 amide bonds. The Balaban J connectivity index is 1.50. The maximum absolute atomic E-state index is 13.9. The minimum absolute atomic E-state index is 0.136. The van der Waals surface area contributed by atoms with Gasteiger partial charge in [-0.15, -0.1) is 0 Å². The molecular formula is C30H32FN3O4. The number of fused-ring (bicyclic) bond motifs is 1. The van der Waals surface area contributed by atoms with Gasteiger partial charge in [-0.3, -0.25) is 14.5 Å². The van der Waals surface area contributed by atoms with Crippen LogP contribution in [0.2, 0.25) is 0 Å². The predicted molar refractivity (Wildman–Crippen MR) is 141 cm³/mol. The molecule has 198 valence electrons. The first-order valence-corrected chi connectivity index (χ1v) is 12.9. The number of nitrogens with one attached hydrogen (secondary N) is 1. The van der Waals surface area contributed by atoms with Crippen LogP contribution in [0.5, 0.6) is 5.75 Å². The highest BCUT2D eigenvalue weighted by molar-refractivity contribution is 6.01. The Bertz CT molecular complexity index is 1260. The molecule has 1 saturated heterocycles. The van der Waals surface area contributed by atoms with E-state index < -0.39 is 12.0 Å². The summed E-state index contributed by atoms with van der Waals surface area (Å²) in [4.78, 5) is 31.7. The number of hydrogen-bond acceptors (Lipinski definition) is 5. The third kappa shape index (κ3) is 5.56. The van der Waals surface area contributed by atoms with Crippen molar-refractivity contribution < 1.29 is 23.5 Å². The number of halogens is 1. The van der Waals surface area contributed by atoms with E-state index in [4.69, 9.17) is 9.47 Å². The number of hydrogen-bond donors (Lipinski definition) is 1. The molecule has 3 aromatic rings. The quantitative estimate of drug-likeness (QED) is 0.493. The van der Waals surface area contributed by atoms with Crippen molar-refractivity contribution in [1.82, 2.24) is 15.1 Å². The second-order valence-electron chi connectivity index (χ2n) is 9.59. The number of morpholine rings is 1. The molecule has 2 heterocycles. The highest BCUT2D eigenvalue weighted by atomic mass is 19.1. The highest BCUT2D eigenvalue weighted by Crippen LogP contribution is 2.44. The average Bonchev–Trinajstić information content (AvgIpc) is 2.96. The van der Waals surface area contributed by atoms with Crippen molar-refractivity contribution in [3.63, 3.8) is 0 Å². The molecule has 2 aliphatic rings. The van der Waals surface area contributed by atoms with Gasteiger partial charge in [0.1, 0.15) is 11.6 Å². The number of carbonyl (C=O) groups is 2. The summed E-state index contributed by atoms with van der Waals surface area (Å²) in [6, 6.07) is 20.3. The second kappa shape index (κ2) is 11.8. The fourth-order valence-electron chi connectivity index (χ4n) is 5.28. The van der Waals surface area contributed by atoms with Crippen molar-refractivity contribution in [3.8, 4) is 5.75 Å². The first-order valence-electron chi connectivity index (χ1n) is 12.9. The van der Waals surface area contributed by atoms with E-state index in [1.807, 2.05) is 42.5 Å². The molecule has 8 heteroatoms. The van der Waals surface area contributed by atoms with E-state index >= 15 is 0 Å². The van der Waals surface area contributed by atoms with Crippen molar-refractivity contribution in [1.29, 1.82) is 0 Å². The van der Waals surface area contributed by atoms with Gasteiger partial charge in [0.2, 0.25) is 5.91 Å². The Morgan fingerprint density at radius 1 is 1.03 bits per heavy atom. The Morgan fingerprint density at radius 3 is 2.45 bits per heavy atom. The summed E-state index contributed by atoms with van der Waals surface area (Å²) < 4.78 is 24.4. The summed E-state index contributed by atoms with van der Waals surface area (Å²) in [5.41, 5.74) is 2.82. The normalized spacial score (nSPS) is 19.6. The van der Waals surface area contributed by atoms with Crippen molar-refractivity contribution in [2.45, 2.75) is 18.5 Å². The van der Waals surface area contributed by atoms with E-state index in [9.17, 15) is 14.0 Å². The molecular weight excluding hydrogens is 485 g/mol. The second-order valence-corrected chi connectivity index (χ2v) is 9.59. The van der Waals surface area contributed by atoms with Gasteiger partial charge in [0.05, 0.1) is 32.3 Å². The van der Waals surface area contributed by atoms with Crippen molar-refractivity contribution in [2.75, 3.05) is 46.5 Å². The molecule has 0 aliphatic carbocycles. The van der Waals surface area contributed by atoms with Crippen LogP contribution >= 0.6 is 0 Å². The van der Waals surface area contributed by atoms with Gasteiger partial charge < -0.3 is 19.7 Å². The summed E-state index contributed by atoms with van der Waals surface area (Å²) in [5.74, 6) is -0.574. The number of ether oxygens (including phenoxy) is 2. The molecule has 1 fully saturated rings. The van der Waals surface area contributed by atoms with Crippen LogP contribution in [-0.4, -0.2) is 68.1 Å². The number of nitrogens with zero attached hydrogens (tertiary/aromatic N) is 2. The SMILES string of the molecule is COc1ccc([C@H]2[C@H](C(=O)NCCN3CCOCC3)c3ccccc3C(=O)N2Cc2ccc(F)cc2)cc1. The molecule has 0 spiro atoms. The molecule has 0 bridgehead atoms. The Labute approximate surface area is 222 Å². The van der Waals surface area contributed by atoms with Crippen LogP contribution < -0.4 is 10.1 Å². The van der Waals surface area contributed by atoms with Gasteiger partial charge in [-0.1, -0.05) is 42.5 Å². The topological polar surface area (TPSA) is 71.1 Å². The van der Waals surface area contributed by atoms with E-state index in [0.29, 0.717) is 36.6 Å². The summed E-state index contributed by atoms with van der Waals surface area (Å²) in [7, 11) is 1.60. The number of benzene rings is 3. The third-order valence-corrected chi connectivity index (χ3v) is 7.28. The van der Waals surface area contributed by atoms with Crippen LogP contribution in [0, 0.1) is 5.82 Å². The summed E-state index contributed by atoms with van der Waals surface area (Å²) in [5, 5.41) is 3.14. The molecule has 1 N–H and O–H groups in total. The lowest BCUT2D eigenvalue weighted by molar-refractivity contribution is -0.124. The first-order chi connectivity index (χ1) is 18.5. The summed E-state index contributed by atoms with van der Waals surface area (Å²) in [6.45, 7) is 4.55. The van der Waals surface area contributed by atoms with Crippen LogP contribution in [0.4, 0.5) is 4.39 Å². The molecule has 38 heavy (non-hydrogen) atoms. The lowest BCUT2D eigenvalue weighted by Crippen LogP contribution is -2.48. The van der Waals surface area contributed by atoms with E-state index in [-0.39, 0.29) is 24.2 Å². The standard InChI is InChI=1S/C30H32FN3O4/c1-37-24-12-8-22(9-13-24)28-27(29(35)32-14-15-33-16-18-38-19-17-33)25-4-2-3-5-26(25)30(36)34(28)20-21-6-10-23(31)11-7-21/h2-13,27-28H,14-20H2,1H3,(H,32,35)/t27-,28+/m1/s1. The smallest absolute Gasteiger partial charge is 0.255 e. The number of methoxy groups -OCH3 is 1. The number of amides is 2. The van der Waals surface area contributed by atoms with E-state index in [1.165, 1.54) is 12.1 Å². The van der Waals surface area contributed by atoms with Gasteiger partial charge in [-0.25, -0.2) is 4.39 Å². The van der Waals surface area contributed by atoms with Gasteiger partial charge >= 0.3 is 0 Å². The van der Waals surface area contributed by atoms with E-state index in [0.717, 1.165) is 30.8 Å². The number of carbonyl (C=O) groups excluding carboxylic acids is 2. The first kappa shape index (κ1) is 25.9. The summed E-state index contributed by atoms with van der Waals surface area (Å²) >= 11 is 0. The molecule has 2 aliphatic heterocycles. The summed E-state index contributed by atoms with van der Waals surface area (Å²) in [6.07, 6.45) is 0. The van der Waals surface area contributed by atoms with Crippen molar-refractivity contribution in [2.24, 2.45) is 0 Å². The molecule has 0 radical (unpaired) electrons. The van der Waals surface area contributed by atoms with Gasteiger partial charge in [0.25, 0.3) is 5.91 Å². The predicted octanol–water partition coefficient (Wildman–Crippen LogP) is 3.76.